The molecule has 2 aromatic rings. The Labute approximate surface area is 415 Å². The van der Waals surface area contributed by atoms with Gasteiger partial charge in [0, 0.05) is 57.2 Å². The summed E-state index contributed by atoms with van der Waals surface area (Å²) in [6, 6.07) is 6.38. The molecule has 18 nitrogen and oxygen atoms in total. The van der Waals surface area contributed by atoms with Crippen molar-refractivity contribution in [2.45, 2.75) is 211 Å². The molecule has 70 heavy (non-hydrogen) atoms. The molecular weight excluding hydrogens is 910 g/mol. The van der Waals surface area contributed by atoms with Crippen LogP contribution in [0, 0.1) is 24.7 Å². The zero-order chi connectivity index (χ0) is 52.0. The SMILES string of the molecule is CC[C@H]1OC(=O)[C@H](C)[C@@H](O[C@H]2C[C@@](C)(OC)[C@@H](O)[C@H](C)O2)[C@H](C)[C@@H](O[C@@H]2O[C@H](C)C[C@H](N(C)CCc3cn(C[C@H](F)COc4ccc(C)cc4)nn3)[C@H]2O)[C@](C)(O)C[C@@H](C)CN(C)[C@H](C)[C@@H](O)[C@]1(C)O. The highest BCUT2D eigenvalue weighted by Crippen LogP contribution is 2.40. The summed E-state index contributed by atoms with van der Waals surface area (Å²) >= 11 is 0. The molecule has 19 atom stereocenters. The van der Waals surface area contributed by atoms with Gasteiger partial charge in [0.25, 0.3) is 0 Å². The molecule has 0 bridgehead atoms. The maximum absolute atomic E-state index is 14.9. The van der Waals surface area contributed by atoms with Crippen molar-refractivity contribution < 1.29 is 67.9 Å². The highest BCUT2D eigenvalue weighted by atomic mass is 19.1. The first kappa shape index (κ1) is 58.0. The second-order valence-corrected chi connectivity index (χ2v) is 21.6. The van der Waals surface area contributed by atoms with Crippen LogP contribution in [-0.4, -0.2) is 194 Å². The normalized spacial score (nSPS) is 40.3. The molecule has 1 aromatic carbocycles. The Bertz CT molecular complexity index is 1930. The third-order valence-corrected chi connectivity index (χ3v) is 15.3. The molecule has 5 rings (SSSR count). The van der Waals surface area contributed by atoms with Gasteiger partial charge >= 0.3 is 5.97 Å². The monoisotopic (exact) mass is 996 g/mol. The van der Waals surface area contributed by atoms with Crippen LogP contribution in [0.25, 0.3) is 0 Å². The van der Waals surface area contributed by atoms with Crippen molar-refractivity contribution in [2.75, 3.05) is 40.9 Å². The van der Waals surface area contributed by atoms with E-state index in [1.165, 1.54) is 18.7 Å². The Morgan fingerprint density at radius 1 is 0.986 bits per heavy atom. The summed E-state index contributed by atoms with van der Waals surface area (Å²) in [5, 5.41) is 68.0. The lowest BCUT2D eigenvalue weighted by Gasteiger charge is -2.49. The van der Waals surface area contributed by atoms with E-state index in [0.717, 1.165) is 5.56 Å². The van der Waals surface area contributed by atoms with Crippen molar-refractivity contribution in [3.63, 3.8) is 0 Å². The Balaban J connectivity index is 1.40. The summed E-state index contributed by atoms with van der Waals surface area (Å²) in [6.07, 6.45) is -8.43. The van der Waals surface area contributed by atoms with Gasteiger partial charge in [0.1, 0.15) is 42.4 Å². The molecule has 3 fully saturated rings. The summed E-state index contributed by atoms with van der Waals surface area (Å²) in [5.74, 6) is -2.24. The lowest BCUT2D eigenvalue weighted by Crippen LogP contribution is -2.61. The molecule has 4 heterocycles. The fourth-order valence-corrected chi connectivity index (χ4v) is 10.7. The van der Waals surface area contributed by atoms with E-state index in [-0.39, 0.29) is 44.4 Å². The molecule has 400 valence electrons. The molecule has 5 N–H and O–H groups in total. The zero-order valence-electron chi connectivity index (χ0n) is 44.1. The first-order valence-corrected chi connectivity index (χ1v) is 25.2. The molecular formula is C51H86FN5O13. The predicted octanol–water partition coefficient (Wildman–Crippen LogP) is 3.83. The number of cyclic esters (lactones) is 1. The number of hydrogen-bond acceptors (Lipinski definition) is 17. The average Bonchev–Trinajstić information content (AvgIpc) is 3.75. The number of halogens is 1. The van der Waals surface area contributed by atoms with Crippen molar-refractivity contribution in [3.05, 3.63) is 41.7 Å². The number of methoxy groups -OCH3 is 1. The maximum Gasteiger partial charge on any atom is 0.311 e. The van der Waals surface area contributed by atoms with E-state index in [4.69, 9.17) is 33.2 Å². The molecule has 0 saturated carbocycles. The Morgan fingerprint density at radius 2 is 1.66 bits per heavy atom. The van der Waals surface area contributed by atoms with E-state index in [9.17, 15) is 34.7 Å². The number of aryl methyl sites for hydroxylation is 1. The van der Waals surface area contributed by atoms with E-state index < -0.39 is 108 Å². The van der Waals surface area contributed by atoms with Gasteiger partial charge in [0.05, 0.1) is 53.8 Å². The molecule has 3 aliphatic rings. The van der Waals surface area contributed by atoms with Crippen LogP contribution < -0.4 is 4.74 Å². The predicted molar refractivity (Wildman–Crippen MR) is 258 cm³/mol. The number of benzene rings is 1. The number of aliphatic hydroxyl groups excluding tert-OH is 3. The third kappa shape index (κ3) is 14.2. The summed E-state index contributed by atoms with van der Waals surface area (Å²) in [5.41, 5.74) is -2.83. The fraction of sp³-hybridized carbons (Fsp3) is 0.824. The smallest absolute Gasteiger partial charge is 0.311 e. The number of ether oxygens (including phenoxy) is 7. The van der Waals surface area contributed by atoms with Crippen LogP contribution in [0.2, 0.25) is 0 Å². The third-order valence-electron chi connectivity index (χ3n) is 15.3. The lowest BCUT2D eigenvalue weighted by atomic mass is 9.77. The van der Waals surface area contributed by atoms with Crippen molar-refractivity contribution >= 4 is 5.97 Å². The molecule has 3 aliphatic heterocycles. The minimum absolute atomic E-state index is 0.0271. The summed E-state index contributed by atoms with van der Waals surface area (Å²) in [6.45, 7) is 20.1. The molecule has 19 heteroatoms. The number of carbonyl (C=O) groups excluding carboxylic acids is 1. The quantitative estimate of drug-likeness (QED) is 0.160. The molecule has 3 saturated heterocycles. The van der Waals surface area contributed by atoms with Crippen LogP contribution in [0.4, 0.5) is 4.39 Å². The van der Waals surface area contributed by atoms with E-state index in [1.807, 2.05) is 56.8 Å². The van der Waals surface area contributed by atoms with Crippen molar-refractivity contribution in [2.24, 2.45) is 17.8 Å². The Morgan fingerprint density at radius 3 is 2.30 bits per heavy atom. The van der Waals surface area contributed by atoms with Crippen molar-refractivity contribution in [1.82, 2.24) is 24.8 Å². The van der Waals surface area contributed by atoms with Gasteiger partial charge in [-0.25, -0.2) is 9.07 Å². The minimum atomic E-state index is -1.84. The number of esters is 1. The molecule has 1 aromatic heterocycles. The summed E-state index contributed by atoms with van der Waals surface area (Å²) in [4.78, 5) is 18.4. The van der Waals surface area contributed by atoms with Crippen LogP contribution in [0.5, 0.6) is 5.75 Å². The standard InChI is InChI=1S/C51H86FN5O13/c1-15-40-51(11,63)44(59)34(7)56(13)25-30(3)23-49(9,62)46(32(5)43(33(6)47(61)68-40)69-41-24-50(10,64-14)45(60)35(8)67-41)70-48-42(58)39(22-31(4)66-48)55(12)21-20-37-27-57(54-53-37)26-36(52)28-65-38-18-16-29(2)17-19-38/h16-19,27,30-36,39-46,48,58-60,62-63H,15,20-26,28H2,1-14H3/t30-,31-,32+,33-,34-,35+,36+,39+,40-,41+,42-,43+,44-,45+,46-,48+,49-,50-,51-/m1/s1. The molecule has 0 aliphatic carbocycles. The number of nitrogens with zero attached hydrogens (tertiary/aromatic N) is 5. The van der Waals surface area contributed by atoms with Gasteiger partial charge in [-0.05, 0) is 107 Å². The second-order valence-electron chi connectivity index (χ2n) is 21.6. The van der Waals surface area contributed by atoms with Crippen molar-refractivity contribution in [1.29, 1.82) is 0 Å². The van der Waals surface area contributed by atoms with Crippen molar-refractivity contribution in [3.8, 4) is 5.75 Å². The number of likely N-dealkylation sites (N-methyl/N-ethyl adjacent to an activating group) is 2. The van der Waals surface area contributed by atoms with Gasteiger partial charge in [-0.1, -0.05) is 43.7 Å². The highest BCUT2D eigenvalue weighted by Gasteiger charge is 2.53. The summed E-state index contributed by atoms with van der Waals surface area (Å²) < 4.78 is 60.2. The number of aliphatic hydroxyl groups is 5. The fourth-order valence-electron chi connectivity index (χ4n) is 10.7. The molecule has 0 unspecified atom stereocenters. The summed E-state index contributed by atoms with van der Waals surface area (Å²) in [7, 11) is 5.21. The van der Waals surface area contributed by atoms with Crippen LogP contribution >= 0.6 is 0 Å². The molecule has 0 spiro atoms. The van der Waals surface area contributed by atoms with Crippen LogP contribution in [0.3, 0.4) is 0 Å². The van der Waals surface area contributed by atoms with Gasteiger partial charge in [0.15, 0.2) is 18.8 Å². The van der Waals surface area contributed by atoms with E-state index in [1.54, 1.807) is 66.8 Å². The van der Waals surface area contributed by atoms with Crippen LogP contribution in [-0.2, 0) is 46.2 Å². The number of alkyl halides is 1. The number of rotatable bonds is 15. The number of hydrogen-bond donors (Lipinski definition) is 5. The molecule has 0 radical (unpaired) electrons. The molecule has 0 amide bonds. The Kier molecular flexibility index (Phi) is 20.2. The van der Waals surface area contributed by atoms with Gasteiger partial charge in [-0.2, -0.15) is 0 Å². The largest absolute Gasteiger partial charge is 0.490 e. The van der Waals surface area contributed by atoms with E-state index in [2.05, 4.69) is 10.3 Å². The van der Waals surface area contributed by atoms with Gasteiger partial charge < -0.3 is 68.5 Å². The van der Waals surface area contributed by atoms with Crippen LogP contribution in [0.15, 0.2) is 30.5 Å². The van der Waals surface area contributed by atoms with Gasteiger partial charge in [-0.15, -0.1) is 5.10 Å². The van der Waals surface area contributed by atoms with Gasteiger partial charge in [0.2, 0.25) is 0 Å². The topological polar surface area (TPSA) is 220 Å². The first-order valence-electron chi connectivity index (χ1n) is 25.2. The van der Waals surface area contributed by atoms with Crippen LogP contribution in [0.1, 0.15) is 106 Å². The minimum Gasteiger partial charge on any atom is -0.490 e. The van der Waals surface area contributed by atoms with Gasteiger partial charge in [-0.3, -0.25) is 4.79 Å². The highest BCUT2D eigenvalue weighted by molar-refractivity contribution is 5.73. The lowest BCUT2D eigenvalue weighted by molar-refractivity contribution is -0.318. The first-order chi connectivity index (χ1) is 32.7. The number of carbonyl (C=O) groups is 1. The number of aromatic nitrogens is 3. The Hall–Kier alpha value is -2.92. The van der Waals surface area contributed by atoms with E-state index in [0.29, 0.717) is 37.4 Å². The zero-order valence-corrected chi connectivity index (χ0v) is 44.1. The van der Waals surface area contributed by atoms with E-state index >= 15 is 0 Å². The second kappa shape index (κ2) is 24.4. The maximum atomic E-state index is 14.9. The average molecular weight is 996 g/mol.